The van der Waals surface area contributed by atoms with Crippen molar-refractivity contribution in [2.24, 2.45) is 7.05 Å². The summed E-state index contributed by atoms with van der Waals surface area (Å²) in [6.07, 6.45) is 2.54. The second-order valence-corrected chi connectivity index (χ2v) is 8.25. The molecule has 1 amide bonds. The van der Waals surface area contributed by atoms with Gasteiger partial charge in [0.05, 0.1) is 11.8 Å². The van der Waals surface area contributed by atoms with Crippen LogP contribution in [-0.2, 0) is 17.1 Å². The summed E-state index contributed by atoms with van der Waals surface area (Å²) in [6.45, 7) is 4.01. The van der Waals surface area contributed by atoms with Gasteiger partial charge in [-0.15, -0.1) is 11.8 Å². The fourth-order valence-electron chi connectivity index (χ4n) is 1.78. The summed E-state index contributed by atoms with van der Waals surface area (Å²) in [4.78, 5) is 13.0. The highest BCUT2D eigenvalue weighted by molar-refractivity contribution is 8.00. The lowest BCUT2D eigenvalue weighted by Crippen LogP contribution is -2.30. The maximum Gasteiger partial charge on any atom is 0.267 e. The van der Waals surface area contributed by atoms with Crippen molar-refractivity contribution in [2.45, 2.75) is 28.9 Å². The fraction of sp³-hybridized carbons (Fsp3) is 0.286. The van der Waals surface area contributed by atoms with Crippen LogP contribution in [0, 0.1) is 0 Å². The van der Waals surface area contributed by atoms with Gasteiger partial charge in [0.1, 0.15) is 4.90 Å². The maximum absolute atomic E-state index is 12.3. The summed E-state index contributed by atoms with van der Waals surface area (Å²) >= 11 is 1.51. The number of aromatic nitrogens is 2. The third-order valence-electron chi connectivity index (χ3n) is 2.71. The number of sulfonamides is 1. The summed E-state index contributed by atoms with van der Waals surface area (Å²) in [5.41, 5.74) is 0.341. The van der Waals surface area contributed by atoms with Crippen LogP contribution in [0.5, 0.6) is 0 Å². The van der Waals surface area contributed by atoms with Crippen molar-refractivity contribution in [3.05, 3.63) is 42.2 Å². The fourth-order valence-corrected chi connectivity index (χ4v) is 3.69. The SMILES string of the molecule is CC(C)Sc1ccccc1C(=O)NS(=O)(=O)c1cnn(C)c1. The zero-order valence-electron chi connectivity index (χ0n) is 12.5. The van der Waals surface area contributed by atoms with Gasteiger partial charge < -0.3 is 0 Å². The number of aryl methyl sites for hydroxylation is 1. The molecule has 0 radical (unpaired) electrons. The number of thioether (sulfide) groups is 1. The largest absolute Gasteiger partial charge is 0.274 e. The first-order chi connectivity index (χ1) is 10.3. The molecule has 0 fully saturated rings. The monoisotopic (exact) mass is 339 g/mol. The summed E-state index contributed by atoms with van der Waals surface area (Å²) in [6, 6.07) is 6.93. The molecule has 2 rings (SSSR count). The number of hydrogen-bond acceptors (Lipinski definition) is 5. The molecule has 0 bridgehead atoms. The van der Waals surface area contributed by atoms with Crippen molar-refractivity contribution in [3.8, 4) is 0 Å². The van der Waals surface area contributed by atoms with Crippen LogP contribution in [0.15, 0.2) is 46.5 Å². The number of carbonyl (C=O) groups excluding carboxylic acids is 1. The van der Waals surface area contributed by atoms with Crippen molar-refractivity contribution in [1.82, 2.24) is 14.5 Å². The summed E-state index contributed by atoms with van der Waals surface area (Å²) < 4.78 is 27.8. The Kier molecular flexibility index (Phi) is 4.92. The summed E-state index contributed by atoms with van der Waals surface area (Å²) in [7, 11) is -2.32. The molecule has 0 saturated heterocycles. The minimum Gasteiger partial charge on any atom is -0.274 e. The topological polar surface area (TPSA) is 81.1 Å². The minimum atomic E-state index is -3.92. The summed E-state index contributed by atoms with van der Waals surface area (Å²) in [5, 5.41) is 4.08. The highest BCUT2D eigenvalue weighted by Crippen LogP contribution is 2.26. The van der Waals surface area contributed by atoms with Crippen molar-refractivity contribution < 1.29 is 13.2 Å². The molecule has 1 aromatic carbocycles. The molecular weight excluding hydrogens is 322 g/mol. The van der Waals surface area contributed by atoms with E-state index in [-0.39, 0.29) is 10.1 Å². The number of hydrogen-bond donors (Lipinski definition) is 1. The van der Waals surface area contributed by atoms with Crippen molar-refractivity contribution in [2.75, 3.05) is 0 Å². The van der Waals surface area contributed by atoms with Crippen molar-refractivity contribution in [3.63, 3.8) is 0 Å². The van der Waals surface area contributed by atoms with E-state index in [1.54, 1.807) is 25.2 Å². The lowest BCUT2D eigenvalue weighted by atomic mass is 10.2. The van der Waals surface area contributed by atoms with E-state index in [0.29, 0.717) is 5.56 Å². The maximum atomic E-state index is 12.3. The van der Waals surface area contributed by atoms with Crippen molar-refractivity contribution in [1.29, 1.82) is 0 Å². The smallest absolute Gasteiger partial charge is 0.267 e. The first-order valence-corrected chi connectivity index (χ1v) is 8.97. The molecule has 0 atom stereocenters. The van der Waals surface area contributed by atoms with E-state index in [1.807, 2.05) is 19.9 Å². The Balaban J connectivity index is 2.26. The zero-order valence-corrected chi connectivity index (χ0v) is 14.1. The van der Waals surface area contributed by atoms with Gasteiger partial charge in [0.2, 0.25) is 0 Å². The van der Waals surface area contributed by atoms with Gasteiger partial charge in [-0.2, -0.15) is 5.10 Å². The van der Waals surface area contributed by atoms with Gasteiger partial charge in [-0.05, 0) is 12.1 Å². The molecule has 1 heterocycles. The molecule has 0 saturated carbocycles. The Morgan fingerprint density at radius 2 is 2.00 bits per heavy atom. The van der Waals surface area contributed by atoms with E-state index in [0.717, 1.165) is 4.90 Å². The van der Waals surface area contributed by atoms with E-state index in [9.17, 15) is 13.2 Å². The molecule has 1 N–H and O–H groups in total. The molecular formula is C14H17N3O3S2. The van der Waals surface area contributed by atoms with Crippen LogP contribution in [0.4, 0.5) is 0 Å². The van der Waals surface area contributed by atoms with Gasteiger partial charge in [0, 0.05) is 23.4 Å². The molecule has 1 aromatic heterocycles. The molecule has 2 aromatic rings. The average Bonchev–Trinajstić information content (AvgIpc) is 2.85. The second kappa shape index (κ2) is 6.53. The Hall–Kier alpha value is -1.80. The van der Waals surface area contributed by atoms with Crippen LogP contribution < -0.4 is 4.72 Å². The van der Waals surface area contributed by atoms with Crippen LogP contribution in [-0.4, -0.2) is 29.4 Å². The number of amides is 1. The van der Waals surface area contributed by atoms with E-state index in [1.165, 1.54) is 28.8 Å². The van der Waals surface area contributed by atoms with Gasteiger partial charge in [-0.3, -0.25) is 9.48 Å². The molecule has 0 aliphatic carbocycles. The molecule has 8 heteroatoms. The Morgan fingerprint density at radius 3 is 2.59 bits per heavy atom. The van der Waals surface area contributed by atoms with E-state index in [2.05, 4.69) is 9.82 Å². The lowest BCUT2D eigenvalue weighted by Gasteiger charge is -2.11. The molecule has 0 aliphatic heterocycles. The predicted octanol–water partition coefficient (Wildman–Crippen LogP) is 2.04. The van der Waals surface area contributed by atoms with E-state index in [4.69, 9.17) is 0 Å². The first kappa shape index (κ1) is 16.6. The molecule has 22 heavy (non-hydrogen) atoms. The van der Waals surface area contributed by atoms with Gasteiger partial charge in [-0.25, -0.2) is 13.1 Å². The normalized spacial score (nSPS) is 11.6. The van der Waals surface area contributed by atoms with Gasteiger partial charge in [0.25, 0.3) is 15.9 Å². The molecule has 0 unspecified atom stereocenters. The van der Waals surface area contributed by atoms with Crippen molar-refractivity contribution >= 4 is 27.7 Å². The number of rotatable bonds is 5. The van der Waals surface area contributed by atoms with Crippen LogP contribution >= 0.6 is 11.8 Å². The van der Waals surface area contributed by atoms with Crippen LogP contribution in [0.25, 0.3) is 0 Å². The van der Waals surface area contributed by atoms with Crippen LogP contribution in [0.3, 0.4) is 0 Å². The van der Waals surface area contributed by atoms with Gasteiger partial charge >= 0.3 is 0 Å². The third kappa shape index (κ3) is 3.89. The number of nitrogens with one attached hydrogen (secondary N) is 1. The van der Waals surface area contributed by atoms with Gasteiger partial charge in [-0.1, -0.05) is 26.0 Å². The first-order valence-electron chi connectivity index (χ1n) is 6.61. The van der Waals surface area contributed by atoms with Crippen LogP contribution in [0.2, 0.25) is 0 Å². The van der Waals surface area contributed by atoms with E-state index >= 15 is 0 Å². The standard InChI is InChI=1S/C14H17N3O3S2/c1-10(2)21-13-7-5-4-6-12(13)14(18)16-22(19,20)11-8-15-17(3)9-11/h4-10H,1-3H3,(H,16,18). The highest BCUT2D eigenvalue weighted by atomic mass is 32.2. The summed E-state index contributed by atoms with van der Waals surface area (Å²) in [5.74, 6) is -0.646. The Bertz CT molecular complexity index is 782. The average molecular weight is 339 g/mol. The zero-order chi connectivity index (χ0) is 16.3. The molecule has 0 aliphatic rings. The quantitative estimate of drug-likeness (QED) is 0.843. The minimum absolute atomic E-state index is 0.0441. The second-order valence-electron chi connectivity index (χ2n) is 4.95. The van der Waals surface area contributed by atoms with Crippen LogP contribution in [0.1, 0.15) is 24.2 Å². The Morgan fingerprint density at radius 1 is 1.32 bits per heavy atom. The lowest BCUT2D eigenvalue weighted by molar-refractivity contribution is 0.0978. The third-order valence-corrected chi connectivity index (χ3v) is 5.08. The number of nitrogens with zero attached hydrogens (tertiary/aromatic N) is 2. The molecule has 118 valence electrons. The number of carbonyl (C=O) groups is 1. The van der Waals surface area contributed by atoms with Gasteiger partial charge in [0.15, 0.2) is 0 Å². The predicted molar refractivity (Wildman–Crippen MR) is 85.3 cm³/mol. The molecule has 6 nitrogen and oxygen atoms in total. The number of benzene rings is 1. The Labute approximate surface area is 134 Å². The molecule has 0 spiro atoms. The highest BCUT2D eigenvalue weighted by Gasteiger charge is 2.22. The van der Waals surface area contributed by atoms with E-state index < -0.39 is 15.9 Å².